The molecule has 2 aliphatic rings. The van der Waals surface area contributed by atoms with E-state index in [1.54, 1.807) is 13.2 Å². The van der Waals surface area contributed by atoms with Gasteiger partial charge < -0.3 is 30.7 Å². The van der Waals surface area contributed by atoms with Crippen LogP contribution in [0, 0.1) is 5.92 Å². The molecule has 5 N–H and O–H groups in total. The molecule has 0 saturated carbocycles. The molecule has 0 spiro atoms. The Labute approximate surface area is 199 Å². The first-order valence-electron chi connectivity index (χ1n) is 11.3. The molecule has 0 radical (unpaired) electrons. The van der Waals surface area contributed by atoms with Crippen molar-refractivity contribution in [3.05, 3.63) is 35.9 Å². The van der Waals surface area contributed by atoms with Crippen LogP contribution in [0.25, 0.3) is 0 Å². The van der Waals surface area contributed by atoms with Crippen LogP contribution in [0.2, 0.25) is 0 Å². The highest BCUT2D eigenvalue weighted by molar-refractivity contribution is 7.99. The number of aryl methyl sites for hydroxylation is 1. The number of hydrogen-bond donors (Lipinski definition) is 5. The van der Waals surface area contributed by atoms with Crippen molar-refractivity contribution in [3.63, 3.8) is 0 Å². The normalized spacial score (nSPS) is 35.1. The number of carbonyl (C=O) groups is 1. The molecule has 1 unspecified atom stereocenters. The summed E-state index contributed by atoms with van der Waals surface area (Å²) in [6, 6.07) is 9.27. The zero-order chi connectivity index (χ0) is 23.3. The monoisotopic (exact) mass is 486 g/mol. The molecule has 2 heterocycles. The number of hydrogen-bond acceptors (Lipinski definition) is 7. The number of alkyl halides is 1. The summed E-state index contributed by atoms with van der Waals surface area (Å²) in [7, 11) is 0. The van der Waals surface area contributed by atoms with Crippen LogP contribution in [0.1, 0.15) is 31.7 Å². The van der Waals surface area contributed by atoms with Gasteiger partial charge in [0.2, 0.25) is 5.91 Å². The minimum Gasteiger partial charge on any atom is -0.388 e. The Morgan fingerprint density at radius 1 is 1.25 bits per heavy atom. The number of aliphatic hydroxyl groups is 3. The summed E-state index contributed by atoms with van der Waals surface area (Å²) < 4.78 is 5.83. The molecule has 0 aliphatic carbocycles. The van der Waals surface area contributed by atoms with Crippen molar-refractivity contribution in [1.29, 1.82) is 0 Å². The number of ether oxygens (including phenoxy) is 1. The van der Waals surface area contributed by atoms with Crippen LogP contribution in [-0.4, -0.2) is 81.3 Å². The van der Waals surface area contributed by atoms with Crippen molar-refractivity contribution in [3.8, 4) is 0 Å². The maximum Gasteiger partial charge on any atom is 0.237 e. The lowest BCUT2D eigenvalue weighted by Gasteiger charge is -2.44. The van der Waals surface area contributed by atoms with Crippen molar-refractivity contribution >= 4 is 29.3 Å². The van der Waals surface area contributed by atoms with Crippen LogP contribution in [0.4, 0.5) is 0 Å². The largest absolute Gasteiger partial charge is 0.388 e. The minimum atomic E-state index is -1.38. The van der Waals surface area contributed by atoms with Crippen LogP contribution in [-0.2, 0) is 16.0 Å². The van der Waals surface area contributed by atoms with Crippen LogP contribution in [0.3, 0.4) is 0 Å². The predicted molar refractivity (Wildman–Crippen MR) is 127 cm³/mol. The third-order valence-corrected chi connectivity index (χ3v) is 7.64. The van der Waals surface area contributed by atoms with E-state index in [2.05, 4.69) is 22.8 Å². The van der Waals surface area contributed by atoms with Crippen LogP contribution >= 0.6 is 23.4 Å². The number of piperidine rings is 1. The molecule has 2 fully saturated rings. The van der Waals surface area contributed by atoms with Gasteiger partial charge >= 0.3 is 0 Å². The number of aliphatic hydroxyl groups excluding tert-OH is 3. The van der Waals surface area contributed by atoms with E-state index in [1.807, 2.05) is 18.2 Å². The van der Waals surface area contributed by atoms with E-state index in [0.29, 0.717) is 5.92 Å². The average Bonchev–Trinajstić information content (AvgIpc) is 2.81. The van der Waals surface area contributed by atoms with Gasteiger partial charge in [-0.3, -0.25) is 4.79 Å². The summed E-state index contributed by atoms with van der Waals surface area (Å²) >= 11 is 7.60. The Morgan fingerprint density at radius 2 is 1.97 bits per heavy atom. The Hall–Kier alpha value is -0.870. The maximum absolute atomic E-state index is 13.1. The lowest BCUT2D eigenvalue weighted by Crippen LogP contribution is -2.65. The smallest absolute Gasteiger partial charge is 0.237 e. The summed E-state index contributed by atoms with van der Waals surface area (Å²) in [5.74, 6) is 0.248. The predicted octanol–water partition coefficient (Wildman–Crippen LogP) is 1.27. The molecule has 9 atom stereocenters. The first-order chi connectivity index (χ1) is 15.3. The van der Waals surface area contributed by atoms with E-state index < -0.39 is 41.3 Å². The van der Waals surface area contributed by atoms with E-state index in [1.165, 1.54) is 17.3 Å². The quantitative estimate of drug-likeness (QED) is 0.352. The SMILES string of the molecule is CS[C@H]1O[C@H](C(NC(=O)[C@@H]2C[C@H](CCc3ccccc3)CCN2)[C@H](C)Cl)[C@H](O)[C@H](O)[C@H]1O. The van der Waals surface area contributed by atoms with Gasteiger partial charge in [0, 0.05) is 0 Å². The number of nitrogens with one attached hydrogen (secondary N) is 2. The van der Waals surface area contributed by atoms with Gasteiger partial charge in [-0.15, -0.1) is 23.4 Å². The number of amides is 1. The first kappa shape index (κ1) is 25.7. The number of carbonyl (C=O) groups excluding carboxylic acids is 1. The topological polar surface area (TPSA) is 111 Å². The van der Waals surface area contributed by atoms with Crippen LogP contribution in [0.5, 0.6) is 0 Å². The molecule has 0 aromatic heterocycles. The molecular weight excluding hydrogens is 452 g/mol. The Bertz CT molecular complexity index is 726. The van der Waals surface area contributed by atoms with E-state index in [4.69, 9.17) is 16.3 Å². The van der Waals surface area contributed by atoms with Gasteiger partial charge in [0.05, 0.1) is 17.5 Å². The molecule has 2 saturated heterocycles. The maximum atomic E-state index is 13.1. The van der Waals surface area contributed by atoms with Crippen molar-refractivity contribution in [2.75, 3.05) is 12.8 Å². The molecule has 9 heteroatoms. The molecule has 1 aromatic rings. The molecule has 1 amide bonds. The fourth-order valence-corrected chi connectivity index (χ4v) is 5.45. The Morgan fingerprint density at radius 3 is 2.62 bits per heavy atom. The fourth-order valence-electron chi connectivity index (χ4n) is 4.56. The second-order valence-corrected chi connectivity index (χ2v) is 10.4. The van der Waals surface area contributed by atoms with Crippen molar-refractivity contribution in [1.82, 2.24) is 10.6 Å². The van der Waals surface area contributed by atoms with E-state index in [9.17, 15) is 20.1 Å². The highest BCUT2D eigenvalue weighted by Gasteiger charge is 2.48. The van der Waals surface area contributed by atoms with Gasteiger partial charge in [-0.25, -0.2) is 0 Å². The second kappa shape index (κ2) is 12.0. The third-order valence-electron chi connectivity index (χ3n) is 6.51. The summed E-state index contributed by atoms with van der Waals surface area (Å²) in [6.45, 7) is 2.48. The highest BCUT2D eigenvalue weighted by Crippen LogP contribution is 2.30. The van der Waals surface area contributed by atoms with E-state index in [-0.39, 0.29) is 11.9 Å². The average molecular weight is 487 g/mol. The van der Waals surface area contributed by atoms with E-state index in [0.717, 1.165) is 32.2 Å². The van der Waals surface area contributed by atoms with Crippen molar-refractivity contribution in [2.24, 2.45) is 5.92 Å². The molecule has 180 valence electrons. The summed E-state index contributed by atoms with van der Waals surface area (Å²) in [4.78, 5) is 13.1. The lowest BCUT2D eigenvalue weighted by molar-refractivity contribution is -0.205. The fraction of sp³-hybridized carbons (Fsp3) is 0.696. The van der Waals surface area contributed by atoms with Gasteiger partial charge in [0.25, 0.3) is 0 Å². The summed E-state index contributed by atoms with van der Waals surface area (Å²) in [5, 5.41) is 36.6. The molecule has 3 rings (SSSR count). The highest BCUT2D eigenvalue weighted by atomic mass is 35.5. The number of thioether (sulfide) groups is 1. The second-order valence-electron chi connectivity index (χ2n) is 8.81. The van der Waals surface area contributed by atoms with Gasteiger partial charge in [0.1, 0.15) is 29.9 Å². The Balaban J connectivity index is 1.60. The number of halogens is 1. The lowest BCUT2D eigenvalue weighted by atomic mass is 9.87. The first-order valence-corrected chi connectivity index (χ1v) is 13.0. The van der Waals surface area contributed by atoms with Crippen molar-refractivity contribution in [2.45, 2.75) is 79.9 Å². The molecule has 7 nitrogen and oxygen atoms in total. The Kier molecular flexibility index (Phi) is 9.67. The molecule has 0 bridgehead atoms. The molecule has 2 aliphatic heterocycles. The van der Waals surface area contributed by atoms with Gasteiger partial charge in [-0.05, 0) is 56.9 Å². The zero-order valence-electron chi connectivity index (χ0n) is 18.6. The van der Waals surface area contributed by atoms with Crippen molar-refractivity contribution < 1.29 is 24.9 Å². The number of rotatable bonds is 8. The molecule has 32 heavy (non-hydrogen) atoms. The minimum absolute atomic E-state index is 0.191. The molecular formula is C23H35ClN2O5S. The molecule has 1 aromatic carbocycles. The number of benzene rings is 1. The van der Waals surface area contributed by atoms with Gasteiger partial charge in [-0.2, -0.15) is 0 Å². The van der Waals surface area contributed by atoms with Gasteiger partial charge in [-0.1, -0.05) is 30.3 Å². The third kappa shape index (κ3) is 6.38. The summed E-state index contributed by atoms with van der Waals surface area (Å²) in [6.07, 6.45) is 0.612. The zero-order valence-corrected chi connectivity index (χ0v) is 20.1. The van der Waals surface area contributed by atoms with Gasteiger partial charge in [0.15, 0.2) is 0 Å². The standard InChI is InChI=1S/C23H35ClN2O5S/c1-13(24)17(21-19(28)18(27)20(29)23(31-21)32-2)26-22(30)16-12-15(10-11-25-16)9-8-14-6-4-3-5-7-14/h3-7,13,15-21,23,25,27-29H,8-12H2,1-2H3,(H,26,30)/t13-,15+,16-,17?,18-,19+,20+,21+,23+/m0/s1. The summed E-state index contributed by atoms with van der Waals surface area (Å²) in [5.41, 5.74) is 0.582. The van der Waals surface area contributed by atoms with Crippen LogP contribution < -0.4 is 10.6 Å². The van der Waals surface area contributed by atoms with Crippen LogP contribution in [0.15, 0.2) is 30.3 Å². The van der Waals surface area contributed by atoms with E-state index >= 15 is 0 Å².